The van der Waals surface area contributed by atoms with Crippen LogP contribution in [0.1, 0.15) is 42.0 Å². The van der Waals surface area contributed by atoms with Gasteiger partial charge in [-0.1, -0.05) is 6.07 Å². The summed E-state index contributed by atoms with van der Waals surface area (Å²) in [5.74, 6) is 0.165. The zero-order chi connectivity index (χ0) is 18.1. The summed E-state index contributed by atoms with van der Waals surface area (Å²) in [7, 11) is 0. The Morgan fingerprint density at radius 2 is 2.15 bits per heavy atom. The number of hydrogen-bond acceptors (Lipinski definition) is 7. The predicted molar refractivity (Wildman–Crippen MR) is 100 cm³/mol. The van der Waals surface area contributed by atoms with Crippen LogP contribution in [0.3, 0.4) is 0 Å². The molecule has 0 bridgehead atoms. The van der Waals surface area contributed by atoms with Crippen molar-refractivity contribution >= 4 is 33.4 Å². The minimum Gasteiger partial charge on any atom is -0.393 e. The number of fused-ring (bicyclic) bond motifs is 1. The number of hydrogen-bond donors (Lipinski definition) is 3. The first kappa shape index (κ1) is 16.9. The second-order valence-electron chi connectivity index (χ2n) is 6.45. The van der Waals surface area contributed by atoms with Crippen molar-refractivity contribution in [2.75, 3.05) is 5.32 Å². The first-order valence-corrected chi connectivity index (χ1v) is 9.40. The minimum atomic E-state index is -0.316. The number of carbonyl (C=O) groups is 1. The van der Waals surface area contributed by atoms with Gasteiger partial charge >= 0.3 is 0 Å². The van der Waals surface area contributed by atoms with Crippen molar-refractivity contribution in [3.8, 4) is 0 Å². The number of aliphatic hydroxyl groups excluding tert-OH is 1. The van der Waals surface area contributed by atoms with E-state index in [4.69, 9.17) is 0 Å². The van der Waals surface area contributed by atoms with Crippen molar-refractivity contribution < 1.29 is 9.90 Å². The molecule has 1 fully saturated rings. The second-order valence-corrected chi connectivity index (χ2v) is 7.36. The fourth-order valence-electron chi connectivity index (χ4n) is 2.94. The maximum Gasteiger partial charge on any atom is 0.271 e. The van der Waals surface area contributed by atoms with Gasteiger partial charge < -0.3 is 15.7 Å². The third-order valence-electron chi connectivity index (χ3n) is 4.44. The number of amides is 1. The van der Waals surface area contributed by atoms with E-state index in [0.717, 1.165) is 15.9 Å². The van der Waals surface area contributed by atoms with Crippen molar-refractivity contribution in [2.45, 2.75) is 38.0 Å². The van der Waals surface area contributed by atoms with Gasteiger partial charge in [0.05, 0.1) is 28.1 Å². The standard InChI is InChI=1S/C18H19N5O2S/c1-10(13-4-2-3-6-19-13)20-18-22-14-5-7-26-16(14)15(23-18)17(25)21-11-8-12(24)9-11/h2-7,10-12,24H,8-9H2,1H3,(H,21,25)(H,20,22,23). The smallest absolute Gasteiger partial charge is 0.271 e. The SMILES string of the molecule is CC(Nc1nc(C(=O)NC2CC(O)C2)c2sccc2n1)c1ccccn1. The number of thiophene rings is 1. The van der Waals surface area contributed by atoms with Crippen LogP contribution < -0.4 is 10.6 Å². The Balaban J connectivity index is 1.59. The number of rotatable bonds is 5. The number of aliphatic hydroxyl groups is 1. The second kappa shape index (κ2) is 6.97. The molecule has 7 nitrogen and oxygen atoms in total. The zero-order valence-corrected chi connectivity index (χ0v) is 15.0. The Morgan fingerprint density at radius 3 is 2.88 bits per heavy atom. The highest BCUT2D eigenvalue weighted by Gasteiger charge is 2.29. The molecule has 3 aromatic rings. The number of aromatic nitrogens is 3. The van der Waals surface area contributed by atoms with Gasteiger partial charge in [0.2, 0.25) is 5.95 Å². The number of carbonyl (C=O) groups excluding carboxylic acids is 1. The van der Waals surface area contributed by atoms with Crippen LogP contribution in [0.5, 0.6) is 0 Å². The minimum absolute atomic E-state index is 0.00586. The van der Waals surface area contributed by atoms with Gasteiger partial charge in [0, 0.05) is 12.2 Å². The molecular weight excluding hydrogens is 350 g/mol. The Hall–Kier alpha value is -2.58. The van der Waals surface area contributed by atoms with Crippen LogP contribution in [0.2, 0.25) is 0 Å². The van der Waals surface area contributed by atoms with Crippen molar-refractivity contribution in [1.82, 2.24) is 20.3 Å². The molecule has 3 aromatic heterocycles. The van der Waals surface area contributed by atoms with E-state index >= 15 is 0 Å². The maximum atomic E-state index is 12.7. The van der Waals surface area contributed by atoms with Gasteiger partial charge in [-0.3, -0.25) is 9.78 Å². The summed E-state index contributed by atoms with van der Waals surface area (Å²) >= 11 is 1.44. The summed E-state index contributed by atoms with van der Waals surface area (Å²) in [5, 5.41) is 17.5. The van der Waals surface area contributed by atoms with E-state index in [-0.39, 0.29) is 24.1 Å². The van der Waals surface area contributed by atoms with E-state index in [2.05, 4.69) is 25.6 Å². The van der Waals surface area contributed by atoms with Gasteiger partial charge in [0.15, 0.2) is 5.69 Å². The highest BCUT2D eigenvalue weighted by molar-refractivity contribution is 7.17. The van der Waals surface area contributed by atoms with Crippen LogP contribution in [0.4, 0.5) is 5.95 Å². The number of nitrogens with one attached hydrogen (secondary N) is 2. The summed E-state index contributed by atoms with van der Waals surface area (Å²) in [5.41, 5.74) is 1.97. The largest absolute Gasteiger partial charge is 0.393 e. The Bertz CT molecular complexity index is 924. The lowest BCUT2D eigenvalue weighted by molar-refractivity contribution is 0.0561. The molecule has 0 saturated heterocycles. The normalized spacial score (nSPS) is 20.4. The third kappa shape index (κ3) is 3.38. The molecule has 1 amide bonds. The molecule has 0 spiro atoms. The van der Waals surface area contributed by atoms with Gasteiger partial charge in [-0.25, -0.2) is 9.97 Å². The quantitative estimate of drug-likeness (QED) is 0.639. The van der Waals surface area contributed by atoms with E-state index in [1.807, 2.05) is 36.6 Å². The Kier molecular flexibility index (Phi) is 4.52. The summed E-state index contributed by atoms with van der Waals surface area (Å²) in [6, 6.07) is 7.51. The van der Waals surface area contributed by atoms with Crippen LogP contribution >= 0.6 is 11.3 Å². The van der Waals surface area contributed by atoms with E-state index in [0.29, 0.717) is 24.5 Å². The molecule has 0 radical (unpaired) electrons. The lowest BCUT2D eigenvalue weighted by Crippen LogP contribution is -2.47. The average Bonchev–Trinajstić information content (AvgIpc) is 3.08. The fraction of sp³-hybridized carbons (Fsp3) is 0.333. The molecule has 1 saturated carbocycles. The zero-order valence-electron chi connectivity index (χ0n) is 14.2. The molecular formula is C18H19N5O2S. The predicted octanol–water partition coefficient (Wildman–Crippen LogP) is 2.51. The van der Waals surface area contributed by atoms with Crippen molar-refractivity contribution in [1.29, 1.82) is 0 Å². The van der Waals surface area contributed by atoms with Gasteiger partial charge in [-0.2, -0.15) is 0 Å². The van der Waals surface area contributed by atoms with Crippen LogP contribution in [-0.2, 0) is 0 Å². The lowest BCUT2D eigenvalue weighted by Gasteiger charge is -2.31. The average molecular weight is 369 g/mol. The first-order valence-electron chi connectivity index (χ1n) is 8.52. The highest BCUT2D eigenvalue weighted by Crippen LogP contribution is 2.26. The maximum absolute atomic E-state index is 12.7. The molecule has 3 N–H and O–H groups in total. The highest BCUT2D eigenvalue weighted by atomic mass is 32.1. The number of anilines is 1. The lowest BCUT2D eigenvalue weighted by atomic mass is 9.89. The van der Waals surface area contributed by atoms with Crippen LogP contribution in [-0.4, -0.2) is 38.1 Å². The summed E-state index contributed by atoms with van der Waals surface area (Å²) in [6.45, 7) is 1.97. The molecule has 0 aromatic carbocycles. The first-order chi connectivity index (χ1) is 12.6. The van der Waals surface area contributed by atoms with Crippen LogP contribution in [0, 0.1) is 0 Å². The van der Waals surface area contributed by atoms with Crippen molar-refractivity contribution in [2.24, 2.45) is 0 Å². The molecule has 8 heteroatoms. The van der Waals surface area contributed by atoms with Crippen molar-refractivity contribution in [3.05, 3.63) is 47.2 Å². The molecule has 26 heavy (non-hydrogen) atoms. The van der Waals surface area contributed by atoms with Gasteiger partial charge in [0.1, 0.15) is 0 Å². The Labute approximate surface area is 154 Å². The Morgan fingerprint density at radius 1 is 1.31 bits per heavy atom. The molecule has 1 unspecified atom stereocenters. The molecule has 1 atom stereocenters. The fourth-order valence-corrected chi connectivity index (χ4v) is 3.76. The third-order valence-corrected chi connectivity index (χ3v) is 5.35. The monoisotopic (exact) mass is 369 g/mol. The number of nitrogens with zero attached hydrogens (tertiary/aromatic N) is 3. The molecule has 1 aliphatic rings. The summed E-state index contributed by atoms with van der Waals surface area (Å²) in [6.07, 6.45) is 2.60. The van der Waals surface area contributed by atoms with Crippen LogP contribution in [0.15, 0.2) is 35.8 Å². The molecule has 4 rings (SSSR count). The van der Waals surface area contributed by atoms with Gasteiger partial charge in [0.25, 0.3) is 5.91 Å². The number of pyridine rings is 1. The van der Waals surface area contributed by atoms with Gasteiger partial charge in [-0.15, -0.1) is 11.3 Å². The van der Waals surface area contributed by atoms with E-state index in [1.54, 1.807) is 6.20 Å². The molecule has 1 aliphatic carbocycles. The molecule has 0 aliphatic heterocycles. The molecule has 3 heterocycles. The topological polar surface area (TPSA) is 100 Å². The van der Waals surface area contributed by atoms with E-state index in [9.17, 15) is 9.90 Å². The van der Waals surface area contributed by atoms with Crippen molar-refractivity contribution in [3.63, 3.8) is 0 Å². The van der Waals surface area contributed by atoms with E-state index < -0.39 is 0 Å². The van der Waals surface area contributed by atoms with Gasteiger partial charge in [-0.05, 0) is 43.3 Å². The van der Waals surface area contributed by atoms with E-state index in [1.165, 1.54) is 11.3 Å². The summed E-state index contributed by atoms with van der Waals surface area (Å²) < 4.78 is 0.762. The summed E-state index contributed by atoms with van der Waals surface area (Å²) in [4.78, 5) is 26.0. The van der Waals surface area contributed by atoms with Crippen LogP contribution in [0.25, 0.3) is 10.2 Å². The molecule has 134 valence electrons.